The molecule has 1 fully saturated rings. The standard InChI is InChI=1S/C16H19ClN4O/c1-16(10-18,11-5-6-11)19-15(22)14-7-8-21(20-14)13-4-2-3-12(17)9-13/h2-4,7-9,11H,5-6,10,18H2,1H3,(H,19,22). The lowest BCUT2D eigenvalue weighted by Gasteiger charge is -2.29. The number of hydrogen-bond donors (Lipinski definition) is 2. The molecule has 116 valence electrons. The van der Waals surface area contributed by atoms with E-state index in [1.165, 1.54) is 0 Å². The molecule has 22 heavy (non-hydrogen) atoms. The summed E-state index contributed by atoms with van der Waals surface area (Å²) in [6.07, 6.45) is 3.98. The number of nitrogens with zero attached hydrogens (tertiary/aromatic N) is 2. The zero-order chi connectivity index (χ0) is 15.7. The van der Waals surface area contributed by atoms with Crippen LogP contribution in [0, 0.1) is 5.92 Å². The first-order valence-corrected chi connectivity index (χ1v) is 7.74. The quantitative estimate of drug-likeness (QED) is 0.889. The van der Waals surface area contributed by atoms with Crippen LogP contribution in [0.5, 0.6) is 0 Å². The summed E-state index contributed by atoms with van der Waals surface area (Å²) in [6, 6.07) is 9.02. The molecule has 3 N–H and O–H groups in total. The van der Waals surface area contributed by atoms with Gasteiger partial charge in [-0.3, -0.25) is 4.79 Å². The molecule has 0 aliphatic heterocycles. The van der Waals surface area contributed by atoms with Crippen molar-refractivity contribution in [1.29, 1.82) is 0 Å². The van der Waals surface area contributed by atoms with Crippen molar-refractivity contribution < 1.29 is 4.79 Å². The molecule has 0 saturated heterocycles. The second-order valence-electron chi connectivity index (χ2n) is 5.98. The van der Waals surface area contributed by atoms with Gasteiger partial charge in [0.1, 0.15) is 0 Å². The van der Waals surface area contributed by atoms with Gasteiger partial charge in [0.05, 0.1) is 11.2 Å². The summed E-state index contributed by atoms with van der Waals surface area (Å²) < 4.78 is 1.64. The molecule has 1 amide bonds. The van der Waals surface area contributed by atoms with E-state index in [0.29, 0.717) is 23.2 Å². The maximum Gasteiger partial charge on any atom is 0.272 e. The van der Waals surface area contributed by atoms with Gasteiger partial charge in [-0.15, -0.1) is 0 Å². The van der Waals surface area contributed by atoms with E-state index in [1.807, 2.05) is 19.1 Å². The number of amides is 1. The van der Waals surface area contributed by atoms with E-state index in [9.17, 15) is 4.79 Å². The van der Waals surface area contributed by atoms with Crippen LogP contribution in [-0.2, 0) is 0 Å². The Kier molecular flexibility index (Phi) is 3.93. The van der Waals surface area contributed by atoms with Crippen molar-refractivity contribution in [3.8, 4) is 5.69 Å². The Morgan fingerprint density at radius 1 is 1.50 bits per heavy atom. The number of nitrogens with one attached hydrogen (secondary N) is 1. The van der Waals surface area contributed by atoms with Gasteiger partial charge >= 0.3 is 0 Å². The highest BCUT2D eigenvalue weighted by molar-refractivity contribution is 6.30. The highest BCUT2D eigenvalue weighted by atomic mass is 35.5. The average molecular weight is 319 g/mol. The molecule has 5 nitrogen and oxygen atoms in total. The van der Waals surface area contributed by atoms with Crippen molar-refractivity contribution in [2.45, 2.75) is 25.3 Å². The lowest BCUT2D eigenvalue weighted by atomic mass is 9.96. The zero-order valence-electron chi connectivity index (χ0n) is 12.4. The van der Waals surface area contributed by atoms with Crippen LogP contribution in [0.3, 0.4) is 0 Å². The first-order valence-electron chi connectivity index (χ1n) is 7.36. The summed E-state index contributed by atoms with van der Waals surface area (Å²) in [4.78, 5) is 12.4. The molecule has 1 heterocycles. The van der Waals surface area contributed by atoms with Gasteiger partial charge < -0.3 is 11.1 Å². The van der Waals surface area contributed by atoms with Crippen LogP contribution >= 0.6 is 11.6 Å². The van der Waals surface area contributed by atoms with Gasteiger partial charge in [-0.25, -0.2) is 4.68 Å². The molecule has 1 aliphatic rings. The molecular formula is C16H19ClN4O. The Hall–Kier alpha value is -1.85. The van der Waals surface area contributed by atoms with Gasteiger partial charge in [0.25, 0.3) is 5.91 Å². The molecule has 2 aromatic rings. The van der Waals surface area contributed by atoms with E-state index < -0.39 is 0 Å². The number of carbonyl (C=O) groups is 1. The summed E-state index contributed by atoms with van der Waals surface area (Å²) in [5.74, 6) is 0.275. The normalized spacial score (nSPS) is 17.0. The predicted molar refractivity (Wildman–Crippen MR) is 86.2 cm³/mol. The third-order valence-electron chi connectivity index (χ3n) is 4.20. The van der Waals surface area contributed by atoms with Gasteiger partial charge in [0.15, 0.2) is 5.69 Å². The second kappa shape index (κ2) is 5.74. The summed E-state index contributed by atoms with van der Waals surface area (Å²) >= 11 is 5.98. The summed E-state index contributed by atoms with van der Waals surface area (Å²) in [5, 5.41) is 7.98. The smallest absolute Gasteiger partial charge is 0.272 e. The molecule has 0 bridgehead atoms. The zero-order valence-corrected chi connectivity index (χ0v) is 13.2. The number of halogens is 1. The molecule has 6 heteroatoms. The van der Waals surface area contributed by atoms with E-state index in [0.717, 1.165) is 18.5 Å². The van der Waals surface area contributed by atoms with Gasteiger partial charge in [-0.1, -0.05) is 17.7 Å². The molecule has 1 aliphatic carbocycles. The molecule has 0 spiro atoms. The number of aromatic nitrogens is 2. The monoisotopic (exact) mass is 318 g/mol. The third kappa shape index (κ3) is 3.00. The second-order valence-corrected chi connectivity index (χ2v) is 6.41. The van der Waals surface area contributed by atoms with Crippen molar-refractivity contribution >= 4 is 17.5 Å². The van der Waals surface area contributed by atoms with Crippen LogP contribution in [0.4, 0.5) is 0 Å². The molecular weight excluding hydrogens is 300 g/mol. The van der Waals surface area contributed by atoms with Gasteiger partial charge in [0.2, 0.25) is 0 Å². The van der Waals surface area contributed by atoms with E-state index in [-0.39, 0.29) is 11.4 Å². The lowest BCUT2D eigenvalue weighted by Crippen LogP contribution is -2.53. The topological polar surface area (TPSA) is 72.9 Å². The predicted octanol–water partition coefficient (Wildman–Crippen LogP) is 2.38. The van der Waals surface area contributed by atoms with E-state index in [4.69, 9.17) is 17.3 Å². The fourth-order valence-corrected chi connectivity index (χ4v) is 2.76. The van der Waals surface area contributed by atoms with Crippen LogP contribution < -0.4 is 11.1 Å². The van der Waals surface area contributed by atoms with Crippen molar-refractivity contribution in [2.24, 2.45) is 11.7 Å². The Labute approximate surface area is 134 Å². The number of benzene rings is 1. The number of hydrogen-bond acceptors (Lipinski definition) is 3. The Bertz CT molecular complexity index is 695. The van der Waals surface area contributed by atoms with Crippen LogP contribution in [0.2, 0.25) is 5.02 Å². The molecule has 1 unspecified atom stereocenters. The van der Waals surface area contributed by atoms with E-state index in [2.05, 4.69) is 10.4 Å². The van der Waals surface area contributed by atoms with Gasteiger partial charge in [-0.05, 0) is 49.9 Å². The van der Waals surface area contributed by atoms with Crippen molar-refractivity contribution in [2.75, 3.05) is 6.54 Å². The first-order chi connectivity index (χ1) is 10.5. The molecule has 3 rings (SSSR count). The van der Waals surface area contributed by atoms with E-state index >= 15 is 0 Å². The minimum absolute atomic E-state index is 0.194. The highest BCUT2D eigenvalue weighted by Gasteiger charge is 2.41. The molecule has 1 aromatic carbocycles. The van der Waals surface area contributed by atoms with Crippen LogP contribution in [-0.4, -0.2) is 27.8 Å². The summed E-state index contributed by atoms with van der Waals surface area (Å²) in [7, 11) is 0. The van der Waals surface area contributed by atoms with Crippen LogP contribution in [0.25, 0.3) is 5.69 Å². The maximum atomic E-state index is 12.4. The Balaban J connectivity index is 1.77. The largest absolute Gasteiger partial charge is 0.344 e. The lowest BCUT2D eigenvalue weighted by molar-refractivity contribution is 0.0892. The maximum absolute atomic E-state index is 12.4. The van der Waals surface area contributed by atoms with Gasteiger partial charge in [0, 0.05) is 17.8 Å². The fraction of sp³-hybridized carbons (Fsp3) is 0.375. The SMILES string of the molecule is CC(CN)(NC(=O)c1ccn(-c2cccc(Cl)c2)n1)C1CC1. The van der Waals surface area contributed by atoms with Gasteiger partial charge in [-0.2, -0.15) is 5.10 Å². The van der Waals surface area contributed by atoms with Crippen molar-refractivity contribution in [3.05, 3.63) is 47.2 Å². The average Bonchev–Trinajstić information content (AvgIpc) is 3.25. The number of carbonyl (C=O) groups excluding carboxylic acids is 1. The minimum atomic E-state index is -0.350. The van der Waals surface area contributed by atoms with E-state index in [1.54, 1.807) is 29.1 Å². The molecule has 1 saturated carbocycles. The fourth-order valence-electron chi connectivity index (χ4n) is 2.57. The number of rotatable bonds is 5. The van der Waals surface area contributed by atoms with Crippen molar-refractivity contribution in [1.82, 2.24) is 15.1 Å². The summed E-state index contributed by atoms with van der Waals surface area (Å²) in [5.41, 5.74) is 6.67. The number of nitrogens with two attached hydrogens (primary N) is 1. The Morgan fingerprint density at radius 2 is 2.27 bits per heavy atom. The third-order valence-corrected chi connectivity index (χ3v) is 4.43. The molecule has 1 aromatic heterocycles. The summed E-state index contributed by atoms with van der Waals surface area (Å²) in [6.45, 7) is 2.43. The first kappa shape index (κ1) is 15.1. The van der Waals surface area contributed by atoms with Crippen LogP contribution in [0.15, 0.2) is 36.5 Å². The minimum Gasteiger partial charge on any atom is -0.344 e. The molecule has 1 atom stereocenters. The Morgan fingerprint density at radius 3 is 2.91 bits per heavy atom. The van der Waals surface area contributed by atoms with Crippen molar-refractivity contribution in [3.63, 3.8) is 0 Å². The highest BCUT2D eigenvalue weighted by Crippen LogP contribution is 2.39. The molecule has 0 radical (unpaired) electrons. The van der Waals surface area contributed by atoms with Crippen LogP contribution in [0.1, 0.15) is 30.3 Å².